The molecule has 0 saturated heterocycles. The molecule has 2 aromatic carbocycles. The molecule has 6 heteroatoms. The molecule has 1 atom stereocenters. The molecule has 0 spiro atoms. The van der Waals surface area contributed by atoms with Crippen molar-refractivity contribution in [3.05, 3.63) is 59.4 Å². The van der Waals surface area contributed by atoms with Crippen molar-refractivity contribution in [3.8, 4) is 5.75 Å². The topological polar surface area (TPSA) is 58.6 Å². The molecule has 0 radical (unpaired) electrons. The van der Waals surface area contributed by atoms with E-state index in [1.807, 2.05) is 11.0 Å². The van der Waals surface area contributed by atoms with Gasteiger partial charge in [-0.15, -0.1) is 0 Å². The summed E-state index contributed by atoms with van der Waals surface area (Å²) in [5.41, 5.74) is 2.28. The maximum Gasteiger partial charge on any atom is 0.263 e. The number of rotatable bonds is 5. The van der Waals surface area contributed by atoms with Crippen molar-refractivity contribution in [2.75, 3.05) is 11.9 Å². The normalized spacial score (nSPS) is 18.9. The lowest BCUT2D eigenvalue weighted by Gasteiger charge is -2.22. The van der Waals surface area contributed by atoms with Gasteiger partial charge in [0.2, 0.25) is 5.91 Å². The molecule has 4 rings (SSSR count). The third kappa shape index (κ3) is 4.32. The van der Waals surface area contributed by atoms with Crippen LogP contribution in [0.4, 0.5) is 10.1 Å². The molecule has 1 aliphatic carbocycles. The van der Waals surface area contributed by atoms with E-state index >= 15 is 0 Å². The molecule has 2 aliphatic rings. The van der Waals surface area contributed by atoms with Crippen LogP contribution in [0.3, 0.4) is 0 Å². The van der Waals surface area contributed by atoms with E-state index in [2.05, 4.69) is 5.32 Å². The summed E-state index contributed by atoms with van der Waals surface area (Å²) in [5.74, 6) is 0.770. The van der Waals surface area contributed by atoms with Gasteiger partial charge in [0.25, 0.3) is 5.91 Å². The van der Waals surface area contributed by atoms with Crippen molar-refractivity contribution in [2.24, 2.45) is 5.92 Å². The predicted molar refractivity (Wildman–Crippen MR) is 103 cm³/mol. The van der Waals surface area contributed by atoms with Crippen LogP contribution in [0, 0.1) is 11.7 Å². The maximum absolute atomic E-state index is 13.0. The van der Waals surface area contributed by atoms with E-state index in [4.69, 9.17) is 4.74 Å². The summed E-state index contributed by atoms with van der Waals surface area (Å²) in [7, 11) is 0. The first-order chi connectivity index (χ1) is 13.5. The van der Waals surface area contributed by atoms with Gasteiger partial charge in [0, 0.05) is 24.3 Å². The van der Waals surface area contributed by atoms with Gasteiger partial charge in [-0.25, -0.2) is 4.39 Å². The molecule has 1 saturated carbocycles. The second-order valence-corrected chi connectivity index (χ2v) is 7.60. The van der Waals surface area contributed by atoms with E-state index in [1.54, 1.807) is 31.2 Å². The Kier molecular flexibility index (Phi) is 5.03. The van der Waals surface area contributed by atoms with Gasteiger partial charge in [0.05, 0.1) is 6.42 Å². The van der Waals surface area contributed by atoms with Crippen LogP contribution in [0.15, 0.2) is 42.5 Å². The summed E-state index contributed by atoms with van der Waals surface area (Å²) < 4.78 is 18.8. The Morgan fingerprint density at radius 3 is 2.68 bits per heavy atom. The van der Waals surface area contributed by atoms with Crippen molar-refractivity contribution < 1.29 is 18.7 Å². The standard InChI is InChI=1S/C22H23FN2O3/c1-14-22(27)25(12-16-2-3-16)13-17-11-19(8-9-20(17)28-14)24-21(26)10-15-4-6-18(23)7-5-15/h4-9,11,14,16H,2-3,10,12-13H2,1H3,(H,24,26). The van der Waals surface area contributed by atoms with Gasteiger partial charge in [0.1, 0.15) is 11.6 Å². The minimum absolute atomic E-state index is 0.00463. The van der Waals surface area contributed by atoms with Crippen LogP contribution in [0.25, 0.3) is 0 Å². The number of nitrogens with one attached hydrogen (secondary N) is 1. The number of hydrogen-bond acceptors (Lipinski definition) is 3. The summed E-state index contributed by atoms with van der Waals surface area (Å²) in [6.07, 6.45) is 1.99. The second kappa shape index (κ2) is 7.62. The molecule has 1 aliphatic heterocycles. The van der Waals surface area contributed by atoms with E-state index in [0.717, 1.165) is 17.7 Å². The fraction of sp³-hybridized carbons (Fsp3) is 0.364. The summed E-state index contributed by atoms with van der Waals surface area (Å²) in [6.45, 7) is 3.01. The molecule has 1 heterocycles. The highest BCUT2D eigenvalue weighted by Crippen LogP contribution is 2.33. The summed E-state index contributed by atoms with van der Waals surface area (Å²) >= 11 is 0. The molecule has 2 amide bonds. The van der Waals surface area contributed by atoms with Crippen molar-refractivity contribution in [1.29, 1.82) is 0 Å². The van der Waals surface area contributed by atoms with E-state index in [-0.39, 0.29) is 24.1 Å². The van der Waals surface area contributed by atoms with Gasteiger partial charge in [-0.3, -0.25) is 9.59 Å². The Balaban J connectivity index is 1.47. The maximum atomic E-state index is 13.0. The minimum atomic E-state index is -0.515. The monoisotopic (exact) mass is 382 g/mol. The van der Waals surface area contributed by atoms with Crippen LogP contribution in [0.2, 0.25) is 0 Å². The first-order valence-electron chi connectivity index (χ1n) is 9.60. The smallest absolute Gasteiger partial charge is 0.263 e. The lowest BCUT2D eigenvalue weighted by molar-refractivity contribution is -0.137. The van der Waals surface area contributed by atoms with Crippen LogP contribution in [-0.4, -0.2) is 29.4 Å². The van der Waals surface area contributed by atoms with E-state index < -0.39 is 6.10 Å². The van der Waals surface area contributed by atoms with Gasteiger partial charge in [0.15, 0.2) is 6.10 Å². The Morgan fingerprint density at radius 1 is 1.21 bits per heavy atom. The van der Waals surface area contributed by atoms with Gasteiger partial charge in [-0.1, -0.05) is 12.1 Å². The number of carbonyl (C=O) groups excluding carboxylic acids is 2. The van der Waals surface area contributed by atoms with Crippen molar-refractivity contribution in [1.82, 2.24) is 4.90 Å². The van der Waals surface area contributed by atoms with Crippen molar-refractivity contribution in [3.63, 3.8) is 0 Å². The highest BCUT2D eigenvalue weighted by molar-refractivity contribution is 5.92. The third-order valence-electron chi connectivity index (χ3n) is 5.12. The number of fused-ring (bicyclic) bond motifs is 1. The molecule has 0 aromatic heterocycles. The predicted octanol–water partition coefficient (Wildman–Crippen LogP) is 3.53. The summed E-state index contributed by atoms with van der Waals surface area (Å²) in [6, 6.07) is 11.3. The van der Waals surface area contributed by atoms with E-state index in [1.165, 1.54) is 25.0 Å². The third-order valence-corrected chi connectivity index (χ3v) is 5.12. The molecule has 2 aromatic rings. The zero-order valence-electron chi connectivity index (χ0n) is 15.8. The van der Waals surface area contributed by atoms with E-state index in [0.29, 0.717) is 23.9 Å². The average Bonchev–Trinajstić information content (AvgIpc) is 3.49. The zero-order chi connectivity index (χ0) is 19.7. The van der Waals surface area contributed by atoms with Crippen molar-refractivity contribution in [2.45, 2.75) is 38.8 Å². The highest BCUT2D eigenvalue weighted by atomic mass is 19.1. The SMILES string of the molecule is CC1Oc2ccc(NC(=O)Cc3ccc(F)cc3)cc2CN(CC2CC2)C1=O. The van der Waals surface area contributed by atoms with Gasteiger partial charge < -0.3 is 15.0 Å². The molecule has 28 heavy (non-hydrogen) atoms. The molecule has 1 fully saturated rings. The Bertz CT molecular complexity index is 893. The van der Waals surface area contributed by atoms with Crippen LogP contribution >= 0.6 is 0 Å². The summed E-state index contributed by atoms with van der Waals surface area (Å²) in [5, 5.41) is 2.87. The lowest BCUT2D eigenvalue weighted by atomic mass is 10.1. The van der Waals surface area contributed by atoms with E-state index in [9.17, 15) is 14.0 Å². The average molecular weight is 382 g/mol. The zero-order valence-corrected chi connectivity index (χ0v) is 15.8. The number of nitrogens with zero attached hydrogens (tertiary/aromatic N) is 1. The first-order valence-corrected chi connectivity index (χ1v) is 9.60. The Hall–Kier alpha value is -2.89. The first kappa shape index (κ1) is 18.5. The molecule has 0 bridgehead atoms. The van der Waals surface area contributed by atoms with Gasteiger partial charge >= 0.3 is 0 Å². The van der Waals surface area contributed by atoms with Crippen LogP contribution in [0.5, 0.6) is 5.75 Å². The van der Waals surface area contributed by atoms with Crippen LogP contribution < -0.4 is 10.1 Å². The number of ether oxygens (including phenoxy) is 1. The molecular formula is C22H23FN2O3. The fourth-order valence-corrected chi connectivity index (χ4v) is 3.44. The van der Waals surface area contributed by atoms with Crippen LogP contribution in [-0.2, 0) is 22.6 Å². The quantitative estimate of drug-likeness (QED) is 0.861. The lowest BCUT2D eigenvalue weighted by Crippen LogP contribution is -2.39. The van der Waals surface area contributed by atoms with Gasteiger partial charge in [-0.05, 0) is 61.6 Å². The Morgan fingerprint density at radius 2 is 1.96 bits per heavy atom. The molecule has 146 valence electrons. The van der Waals surface area contributed by atoms with Crippen molar-refractivity contribution >= 4 is 17.5 Å². The summed E-state index contributed by atoms with van der Waals surface area (Å²) in [4.78, 5) is 26.8. The molecular weight excluding hydrogens is 359 g/mol. The minimum Gasteiger partial charge on any atom is -0.481 e. The number of carbonyl (C=O) groups is 2. The second-order valence-electron chi connectivity index (χ2n) is 7.60. The Labute approximate surface area is 163 Å². The fourth-order valence-electron chi connectivity index (χ4n) is 3.44. The number of hydrogen-bond donors (Lipinski definition) is 1. The largest absolute Gasteiger partial charge is 0.481 e. The molecule has 1 N–H and O–H groups in total. The van der Waals surface area contributed by atoms with Crippen LogP contribution in [0.1, 0.15) is 30.9 Å². The number of halogens is 1. The van der Waals surface area contributed by atoms with Gasteiger partial charge in [-0.2, -0.15) is 0 Å². The number of amides is 2. The molecule has 5 nitrogen and oxygen atoms in total. The highest BCUT2D eigenvalue weighted by Gasteiger charge is 2.32. The number of benzene rings is 2. The number of anilines is 1. The molecule has 1 unspecified atom stereocenters.